The minimum absolute atomic E-state index is 0.0592. The summed E-state index contributed by atoms with van der Waals surface area (Å²) < 4.78 is 11.0. The fraction of sp³-hybridized carbons (Fsp3) is 0.500. The van der Waals surface area contributed by atoms with E-state index in [2.05, 4.69) is 72.1 Å². The zero-order chi connectivity index (χ0) is 39.9. The number of carbonyl (C=O) groups excluding carboxylic acids is 1. The van der Waals surface area contributed by atoms with Crippen LogP contribution in [-0.2, 0) is 17.6 Å². The van der Waals surface area contributed by atoms with Crippen molar-refractivity contribution < 1.29 is 14.3 Å². The van der Waals surface area contributed by atoms with E-state index in [1.165, 1.54) is 12.1 Å². The predicted octanol–water partition coefficient (Wildman–Crippen LogP) is 5.69. The number of nitrogens with two attached hydrogens (primary N) is 1. The number of carbonyl (C=O) groups is 1. The average Bonchev–Trinajstić information content (AvgIpc) is 3.25. The van der Waals surface area contributed by atoms with Gasteiger partial charge in [0.1, 0.15) is 11.5 Å². The first-order valence-corrected chi connectivity index (χ1v) is 20.9. The first-order valence-electron chi connectivity index (χ1n) is 20.9. The van der Waals surface area contributed by atoms with Gasteiger partial charge in [0.25, 0.3) is 0 Å². The molecule has 11 nitrogen and oxygen atoms in total. The summed E-state index contributed by atoms with van der Waals surface area (Å²) in [6, 6.07) is 28.6. The molecule has 0 bridgehead atoms. The highest BCUT2D eigenvalue weighted by Crippen LogP contribution is 2.36. The maximum atomic E-state index is 13.3. The van der Waals surface area contributed by atoms with Gasteiger partial charge in [-0.3, -0.25) is 24.6 Å². The molecule has 3 aliphatic rings. The molecule has 1 aliphatic carbocycles. The smallest absolute Gasteiger partial charge is 0.226 e. The Hall–Kier alpha value is -4.71. The first-order chi connectivity index (χ1) is 27.8. The minimum Gasteiger partial charge on any atom is -0.495 e. The van der Waals surface area contributed by atoms with Crippen molar-refractivity contribution >= 4 is 17.3 Å². The van der Waals surface area contributed by atoms with Crippen LogP contribution in [0.3, 0.4) is 0 Å². The molecule has 7 rings (SSSR count). The molecule has 0 unspecified atom stereocenters. The SMILES string of the molecule is COc1ccccc1N1CCN(C[C@@H](Cc2ccccn2)NC(=O)C2(C)CCCCC2)CC1.COc1ccccc1N1CCN(C[C@H](N)Cc2ccccn2)CC1. The maximum Gasteiger partial charge on any atom is 0.226 e. The second-order valence-corrected chi connectivity index (χ2v) is 16.0. The molecule has 1 saturated carbocycles. The highest BCUT2D eigenvalue weighted by Gasteiger charge is 2.36. The topological polar surface area (TPSA) is 112 Å². The number of benzene rings is 2. The molecule has 2 aliphatic heterocycles. The molecule has 2 aromatic carbocycles. The number of rotatable bonds is 14. The summed E-state index contributed by atoms with van der Waals surface area (Å²) in [5.41, 5.74) is 10.5. The number of hydrogen-bond donors (Lipinski definition) is 2. The van der Waals surface area contributed by atoms with Gasteiger partial charge in [-0.2, -0.15) is 0 Å². The third kappa shape index (κ3) is 12.1. The molecule has 3 fully saturated rings. The molecule has 4 aromatic rings. The normalized spacial score (nSPS) is 18.5. The van der Waals surface area contributed by atoms with E-state index in [-0.39, 0.29) is 23.4 Å². The van der Waals surface area contributed by atoms with E-state index in [0.29, 0.717) is 0 Å². The van der Waals surface area contributed by atoms with Crippen LogP contribution in [0.15, 0.2) is 97.3 Å². The molecule has 306 valence electrons. The van der Waals surface area contributed by atoms with Crippen LogP contribution in [0.25, 0.3) is 0 Å². The van der Waals surface area contributed by atoms with Gasteiger partial charge in [0.05, 0.1) is 25.6 Å². The van der Waals surface area contributed by atoms with Crippen LogP contribution in [0.2, 0.25) is 0 Å². The molecule has 4 heterocycles. The number of piperazine rings is 2. The van der Waals surface area contributed by atoms with Gasteiger partial charge in [0, 0.05) is 120 Å². The Morgan fingerprint density at radius 1 is 0.667 bits per heavy atom. The maximum absolute atomic E-state index is 13.3. The molecule has 57 heavy (non-hydrogen) atoms. The van der Waals surface area contributed by atoms with Crippen molar-refractivity contribution in [3.8, 4) is 11.5 Å². The van der Waals surface area contributed by atoms with Crippen LogP contribution in [0, 0.1) is 5.41 Å². The molecular formula is C46H64N8O3. The largest absolute Gasteiger partial charge is 0.495 e. The predicted molar refractivity (Wildman–Crippen MR) is 230 cm³/mol. The highest BCUT2D eigenvalue weighted by molar-refractivity contribution is 5.82. The first kappa shape index (κ1) is 41.9. The molecule has 11 heteroatoms. The van der Waals surface area contributed by atoms with Crippen molar-refractivity contribution in [3.63, 3.8) is 0 Å². The minimum atomic E-state index is -0.233. The van der Waals surface area contributed by atoms with Gasteiger partial charge in [-0.1, -0.05) is 62.6 Å². The van der Waals surface area contributed by atoms with Gasteiger partial charge in [-0.25, -0.2) is 0 Å². The van der Waals surface area contributed by atoms with Crippen LogP contribution in [0.5, 0.6) is 11.5 Å². The van der Waals surface area contributed by atoms with E-state index in [0.717, 1.165) is 133 Å². The van der Waals surface area contributed by atoms with Gasteiger partial charge in [0.2, 0.25) is 5.91 Å². The van der Waals surface area contributed by atoms with Crippen molar-refractivity contribution in [2.45, 2.75) is 64.0 Å². The third-order valence-corrected chi connectivity index (χ3v) is 11.8. The molecule has 0 radical (unpaired) electrons. The van der Waals surface area contributed by atoms with Crippen molar-refractivity contribution in [1.29, 1.82) is 0 Å². The monoisotopic (exact) mass is 777 g/mol. The number of para-hydroxylation sites is 4. The Morgan fingerprint density at radius 3 is 1.63 bits per heavy atom. The summed E-state index contributed by atoms with van der Waals surface area (Å²) in [5.74, 6) is 2.08. The number of aromatic nitrogens is 2. The van der Waals surface area contributed by atoms with Gasteiger partial charge in [-0.15, -0.1) is 0 Å². The van der Waals surface area contributed by atoms with Gasteiger partial charge in [0.15, 0.2) is 0 Å². The van der Waals surface area contributed by atoms with E-state index < -0.39 is 0 Å². The zero-order valence-electron chi connectivity index (χ0n) is 34.4. The average molecular weight is 777 g/mol. The van der Waals surface area contributed by atoms with Crippen molar-refractivity contribution in [2.24, 2.45) is 11.1 Å². The number of nitrogens with one attached hydrogen (secondary N) is 1. The molecule has 2 aromatic heterocycles. The van der Waals surface area contributed by atoms with E-state index in [9.17, 15) is 4.79 Å². The van der Waals surface area contributed by atoms with Gasteiger partial charge in [-0.05, 0) is 61.4 Å². The van der Waals surface area contributed by atoms with Crippen LogP contribution >= 0.6 is 0 Å². The zero-order valence-corrected chi connectivity index (χ0v) is 34.4. The van der Waals surface area contributed by atoms with Crippen LogP contribution in [-0.4, -0.2) is 117 Å². The Kier molecular flexibility index (Phi) is 15.6. The van der Waals surface area contributed by atoms with Crippen LogP contribution in [0.4, 0.5) is 11.4 Å². The van der Waals surface area contributed by atoms with E-state index in [1.54, 1.807) is 14.2 Å². The second kappa shape index (κ2) is 21.2. The molecular weight excluding hydrogens is 713 g/mol. The van der Waals surface area contributed by atoms with Crippen molar-refractivity contribution in [1.82, 2.24) is 25.1 Å². The fourth-order valence-electron chi connectivity index (χ4n) is 8.47. The molecule has 2 atom stereocenters. The Labute approximate surface area is 340 Å². The number of amides is 1. The summed E-state index contributed by atoms with van der Waals surface area (Å²) in [7, 11) is 3.46. The standard InChI is InChI=1S/C27H38N4O2.C19H26N4O/c1-27(13-7-3-8-14-27)26(32)29-23(20-22-10-6-9-15-28-22)21-30-16-18-31(19-17-30)24-11-4-5-12-25(24)33-2;1-24-19-8-3-2-7-18(19)23-12-10-22(11-13-23)15-16(20)14-17-6-4-5-9-21-17/h4-6,9-12,15,23H,3,7-8,13-14,16-21H2,1-2H3,(H,29,32);2-9,16H,10-15,20H2,1H3/t23-;16-/m11/s1. The fourth-order valence-corrected chi connectivity index (χ4v) is 8.47. The lowest BCUT2D eigenvalue weighted by atomic mass is 9.75. The highest BCUT2D eigenvalue weighted by atomic mass is 16.5. The number of methoxy groups -OCH3 is 2. The van der Waals surface area contributed by atoms with E-state index >= 15 is 0 Å². The molecule has 0 spiro atoms. The van der Waals surface area contributed by atoms with Gasteiger partial charge < -0.3 is 30.3 Å². The third-order valence-electron chi connectivity index (χ3n) is 11.8. The Morgan fingerprint density at radius 2 is 1.14 bits per heavy atom. The summed E-state index contributed by atoms with van der Waals surface area (Å²) in [6.45, 7) is 11.8. The summed E-state index contributed by atoms with van der Waals surface area (Å²) in [4.78, 5) is 31.9. The number of anilines is 2. The number of hydrogen-bond acceptors (Lipinski definition) is 10. The summed E-state index contributed by atoms with van der Waals surface area (Å²) in [6.07, 6.45) is 10.8. The second-order valence-electron chi connectivity index (χ2n) is 16.0. The van der Waals surface area contributed by atoms with Crippen LogP contribution in [0.1, 0.15) is 50.4 Å². The van der Waals surface area contributed by atoms with Crippen molar-refractivity contribution in [2.75, 3.05) is 89.5 Å². The lowest BCUT2D eigenvalue weighted by molar-refractivity contribution is -0.132. The number of nitrogens with zero attached hydrogens (tertiary/aromatic N) is 6. The molecule has 2 saturated heterocycles. The summed E-state index contributed by atoms with van der Waals surface area (Å²) in [5, 5.41) is 3.43. The number of pyridine rings is 2. The van der Waals surface area contributed by atoms with Crippen LogP contribution < -0.4 is 30.3 Å². The van der Waals surface area contributed by atoms with Crippen molar-refractivity contribution in [3.05, 3.63) is 109 Å². The molecule has 1 amide bonds. The van der Waals surface area contributed by atoms with E-state index in [1.807, 2.05) is 67.0 Å². The lowest BCUT2D eigenvalue weighted by Crippen LogP contribution is -2.54. The Balaban J connectivity index is 0.000000203. The summed E-state index contributed by atoms with van der Waals surface area (Å²) >= 11 is 0. The van der Waals surface area contributed by atoms with Gasteiger partial charge >= 0.3 is 0 Å². The van der Waals surface area contributed by atoms with E-state index in [4.69, 9.17) is 15.2 Å². The number of ether oxygens (including phenoxy) is 2. The molecule has 3 N–H and O–H groups in total. The lowest BCUT2D eigenvalue weighted by Gasteiger charge is -2.39. The quantitative estimate of drug-likeness (QED) is 0.166. The Bertz CT molecular complexity index is 1770.